The molecule has 1 N–H and O–H groups in total. The lowest BCUT2D eigenvalue weighted by Crippen LogP contribution is -2.38. The molecule has 0 saturated carbocycles. The van der Waals surface area contributed by atoms with Gasteiger partial charge in [-0.25, -0.2) is 4.79 Å². The van der Waals surface area contributed by atoms with E-state index in [1.807, 2.05) is 25.1 Å². The van der Waals surface area contributed by atoms with Gasteiger partial charge in [0, 0.05) is 29.3 Å². The van der Waals surface area contributed by atoms with Crippen molar-refractivity contribution in [1.82, 2.24) is 5.32 Å². The molecular weight excluding hydrogens is 346 g/mol. The second kappa shape index (κ2) is 6.15. The maximum Gasteiger partial charge on any atom is 0.336 e. The van der Waals surface area contributed by atoms with Crippen LogP contribution in [-0.4, -0.2) is 25.7 Å². The van der Waals surface area contributed by atoms with Crippen LogP contribution in [0.3, 0.4) is 0 Å². The summed E-state index contributed by atoms with van der Waals surface area (Å²) in [5.41, 5.74) is 3.42. The molecular formula is C21H23NO5. The third-order valence-electron chi connectivity index (χ3n) is 5.37. The predicted molar refractivity (Wildman–Crippen MR) is 98.2 cm³/mol. The maximum absolute atomic E-state index is 13.1. The lowest BCUT2D eigenvalue weighted by atomic mass is 9.68. The highest BCUT2D eigenvalue weighted by molar-refractivity contribution is 6.04. The van der Waals surface area contributed by atoms with Crippen LogP contribution in [0, 0.1) is 5.41 Å². The Morgan fingerprint density at radius 1 is 1.22 bits per heavy atom. The maximum atomic E-state index is 13.1. The van der Waals surface area contributed by atoms with Crippen molar-refractivity contribution in [3.63, 3.8) is 0 Å². The summed E-state index contributed by atoms with van der Waals surface area (Å²) < 4.78 is 15.9. The molecule has 0 saturated heterocycles. The van der Waals surface area contributed by atoms with E-state index in [0.29, 0.717) is 34.8 Å². The molecule has 0 amide bonds. The molecule has 0 spiro atoms. The molecule has 27 heavy (non-hydrogen) atoms. The summed E-state index contributed by atoms with van der Waals surface area (Å²) in [5, 5.41) is 3.30. The van der Waals surface area contributed by atoms with Gasteiger partial charge in [-0.05, 0) is 36.5 Å². The summed E-state index contributed by atoms with van der Waals surface area (Å²) >= 11 is 0. The molecule has 2 heterocycles. The predicted octanol–water partition coefficient (Wildman–Crippen LogP) is 3.19. The summed E-state index contributed by atoms with van der Waals surface area (Å²) in [7, 11) is 1.36. The number of ketones is 1. The van der Waals surface area contributed by atoms with Crippen LogP contribution in [-0.2, 0) is 14.3 Å². The largest absolute Gasteiger partial charge is 0.466 e. The van der Waals surface area contributed by atoms with E-state index < -0.39 is 11.9 Å². The van der Waals surface area contributed by atoms with Gasteiger partial charge in [0.15, 0.2) is 17.3 Å². The van der Waals surface area contributed by atoms with Crippen molar-refractivity contribution in [2.24, 2.45) is 5.41 Å². The van der Waals surface area contributed by atoms with Crippen molar-refractivity contribution in [3.05, 3.63) is 46.3 Å². The quantitative estimate of drug-likeness (QED) is 0.807. The molecule has 0 fully saturated rings. The lowest BCUT2D eigenvalue weighted by molar-refractivity contribution is -0.136. The number of benzene rings is 1. The number of nitrogens with one attached hydrogen (secondary N) is 1. The van der Waals surface area contributed by atoms with E-state index in [4.69, 9.17) is 14.2 Å². The van der Waals surface area contributed by atoms with E-state index in [9.17, 15) is 9.59 Å². The van der Waals surface area contributed by atoms with Crippen molar-refractivity contribution in [3.8, 4) is 11.5 Å². The molecule has 1 aromatic rings. The minimum atomic E-state index is -0.480. The molecule has 3 aliphatic rings. The minimum absolute atomic E-state index is 0.0605. The number of carbonyl (C=O) groups is 2. The van der Waals surface area contributed by atoms with Crippen molar-refractivity contribution in [2.45, 2.75) is 39.5 Å². The van der Waals surface area contributed by atoms with Crippen LogP contribution >= 0.6 is 0 Å². The highest BCUT2D eigenvalue weighted by Gasteiger charge is 2.43. The highest BCUT2D eigenvalue weighted by Crippen LogP contribution is 2.48. The first kappa shape index (κ1) is 17.6. The van der Waals surface area contributed by atoms with Crippen LogP contribution in [0.15, 0.2) is 40.7 Å². The molecule has 1 atom stereocenters. The Morgan fingerprint density at radius 3 is 2.70 bits per heavy atom. The third kappa shape index (κ3) is 2.89. The van der Waals surface area contributed by atoms with Crippen LogP contribution in [0.1, 0.15) is 45.1 Å². The van der Waals surface area contributed by atoms with Crippen molar-refractivity contribution < 1.29 is 23.8 Å². The molecule has 6 heteroatoms. The zero-order valence-corrected chi connectivity index (χ0v) is 16.0. The number of esters is 1. The number of ether oxygens (including phenoxy) is 3. The average Bonchev–Trinajstić information content (AvgIpc) is 3.06. The van der Waals surface area contributed by atoms with E-state index in [-0.39, 0.29) is 18.0 Å². The third-order valence-corrected chi connectivity index (χ3v) is 5.37. The Kier molecular flexibility index (Phi) is 4.02. The number of fused-ring (bicyclic) bond motifs is 1. The van der Waals surface area contributed by atoms with Crippen LogP contribution < -0.4 is 14.8 Å². The topological polar surface area (TPSA) is 73.9 Å². The van der Waals surface area contributed by atoms with E-state index in [1.54, 1.807) is 0 Å². The number of hydrogen-bond acceptors (Lipinski definition) is 6. The number of Topliss-reactive ketones (excluding diaryl/α,β-unsaturated/α-hetero) is 1. The molecule has 142 valence electrons. The van der Waals surface area contributed by atoms with Gasteiger partial charge in [-0.1, -0.05) is 19.9 Å². The smallest absolute Gasteiger partial charge is 0.336 e. The van der Waals surface area contributed by atoms with Crippen molar-refractivity contribution in [1.29, 1.82) is 0 Å². The van der Waals surface area contributed by atoms with E-state index in [0.717, 1.165) is 17.7 Å². The molecule has 1 aliphatic carbocycles. The van der Waals surface area contributed by atoms with Gasteiger partial charge in [0.2, 0.25) is 6.79 Å². The SMILES string of the molecule is COC(=O)C1=C(C)NC2=C(C(=O)CC(C)(C)C2)[C@@H]1c1ccc2c(c1)OCO2. The Bertz CT molecular complexity index is 909. The zero-order chi connectivity index (χ0) is 19.3. The number of carbonyl (C=O) groups excluding carboxylic acids is 2. The molecule has 0 aromatic heterocycles. The van der Waals surface area contributed by atoms with Crippen LogP contribution in [0.25, 0.3) is 0 Å². The minimum Gasteiger partial charge on any atom is -0.466 e. The van der Waals surface area contributed by atoms with Gasteiger partial charge in [-0.2, -0.15) is 0 Å². The van der Waals surface area contributed by atoms with Gasteiger partial charge >= 0.3 is 5.97 Å². The van der Waals surface area contributed by atoms with Crippen molar-refractivity contribution >= 4 is 11.8 Å². The van der Waals surface area contributed by atoms with E-state index in [2.05, 4.69) is 19.2 Å². The first-order chi connectivity index (χ1) is 12.8. The fourth-order valence-electron chi connectivity index (χ4n) is 4.24. The Morgan fingerprint density at radius 2 is 1.96 bits per heavy atom. The fraction of sp³-hybridized carbons (Fsp3) is 0.429. The van der Waals surface area contributed by atoms with Crippen LogP contribution in [0.2, 0.25) is 0 Å². The molecule has 0 radical (unpaired) electrons. The number of dihydropyridines is 1. The van der Waals surface area contributed by atoms with E-state index in [1.165, 1.54) is 7.11 Å². The van der Waals surface area contributed by atoms with Gasteiger partial charge in [0.05, 0.1) is 12.7 Å². The summed E-state index contributed by atoms with van der Waals surface area (Å²) in [6, 6.07) is 5.56. The van der Waals surface area contributed by atoms with Gasteiger partial charge in [-0.3, -0.25) is 4.79 Å². The first-order valence-electron chi connectivity index (χ1n) is 9.02. The second-order valence-corrected chi connectivity index (χ2v) is 8.03. The van der Waals surface area contributed by atoms with Gasteiger partial charge < -0.3 is 19.5 Å². The number of allylic oxidation sites excluding steroid dienone is 3. The Hall–Kier alpha value is -2.76. The molecule has 2 aliphatic heterocycles. The highest BCUT2D eigenvalue weighted by atomic mass is 16.7. The van der Waals surface area contributed by atoms with E-state index >= 15 is 0 Å². The Labute approximate surface area is 158 Å². The molecule has 4 rings (SSSR count). The fourth-order valence-corrected chi connectivity index (χ4v) is 4.24. The van der Waals surface area contributed by atoms with Crippen molar-refractivity contribution in [2.75, 3.05) is 13.9 Å². The number of rotatable bonds is 2. The normalized spacial score (nSPS) is 23.1. The molecule has 6 nitrogen and oxygen atoms in total. The number of methoxy groups -OCH3 is 1. The zero-order valence-electron chi connectivity index (χ0n) is 16.0. The summed E-state index contributed by atoms with van der Waals surface area (Å²) in [5.74, 6) is 0.431. The molecule has 0 bridgehead atoms. The molecule has 1 aromatic carbocycles. The van der Waals surface area contributed by atoms with Gasteiger partial charge in [0.25, 0.3) is 0 Å². The monoisotopic (exact) mass is 369 g/mol. The van der Waals surface area contributed by atoms with Crippen LogP contribution in [0.4, 0.5) is 0 Å². The summed E-state index contributed by atoms with van der Waals surface area (Å²) in [6.07, 6.45) is 1.20. The lowest BCUT2D eigenvalue weighted by Gasteiger charge is -2.39. The standard InChI is InChI=1S/C21H23NO5/c1-11-17(20(24)25-4)18(12-5-6-15-16(7-12)27-10-26-15)19-13(22-11)8-21(2,3)9-14(19)23/h5-7,18,22H,8-10H2,1-4H3/t18-/m1/s1. The summed E-state index contributed by atoms with van der Waals surface area (Å²) in [4.78, 5) is 25.7. The molecule has 0 unspecified atom stereocenters. The second-order valence-electron chi connectivity index (χ2n) is 8.03. The number of hydrogen-bond donors (Lipinski definition) is 1. The summed E-state index contributed by atoms with van der Waals surface area (Å²) in [6.45, 7) is 6.19. The first-order valence-corrected chi connectivity index (χ1v) is 9.02. The van der Waals surface area contributed by atoms with Gasteiger partial charge in [0.1, 0.15) is 0 Å². The average molecular weight is 369 g/mol. The Balaban J connectivity index is 1.89. The van der Waals surface area contributed by atoms with Crippen LogP contribution in [0.5, 0.6) is 11.5 Å². The van der Waals surface area contributed by atoms with Gasteiger partial charge in [-0.15, -0.1) is 0 Å².